The lowest BCUT2D eigenvalue weighted by Crippen LogP contribution is -2.08. The number of fused-ring (bicyclic) bond motifs is 1. The van der Waals surface area contributed by atoms with Crippen LogP contribution in [-0.2, 0) is 5.75 Å². The molecule has 6 nitrogen and oxygen atoms in total. The smallest absolute Gasteiger partial charge is 0.387 e. The molecule has 0 bridgehead atoms. The number of halogens is 2. The summed E-state index contributed by atoms with van der Waals surface area (Å²) in [6, 6.07) is 5.88. The van der Waals surface area contributed by atoms with Crippen molar-refractivity contribution in [3.05, 3.63) is 46.4 Å². The van der Waals surface area contributed by atoms with E-state index in [9.17, 15) is 13.6 Å². The number of alkyl halides is 2. The van der Waals surface area contributed by atoms with Gasteiger partial charge in [0, 0.05) is 24.1 Å². The molecule has 0 fully saturated rings. The van der Waals surface area contributed by atoms with Crippen LogP contribution in [0.1, 0.15) is 5.69 Å². The van der Waals surface area contributed by atoms with Crippen molar-refractivity contribution in [1.29, 1.82) is 0 Å². The van der Waals surface area contributed by atoms with Gasteiger partial charge in [0.2, 0.25) is 5.43 Å². The number of nitrogens with zero attached hydrogens (tertiary/aromatic N) is 1. The summed E-state index contributed by atoms with van der Waals surface area (Å²) in [4.78, 5) is 22.1. The Bertz CT molecular complexity index is 910. The first kappa shape index (κ1) is 16.3. The lowest BCUT2D eigenvalue weighted by Gasteiger charge is -2.05. The SMILES string of the molecule is COc1c(CSc2nc3ccc(OC(F)F)cc3[nH]2)[nH]ccc1=O. The van der Waals surface area contributed by atoms with E-state index in [0.717, 1.165) is 0 Å². The molecule has 24 heavy (non-hydrogen) atoms. The third kappa shape index (κ3) is 3.51. The summed E-state index contributed by atoms with van der Waals surface area (Å²) in [7, 11) is 1.43. The van der Waals surface area contributed by atoms with Gasteiger partial charge in [-0.2, -0.15) is 8.78 Å². The van der Waals surface area contributed by atoms with Crippen molar-refractivity contribution in [3.63, 3.8) is 0 Å². The summed E-state index contributed by atoms with van der Waals surface area (Å²) in [6.45, 7) is -2.87. The second-order valence-electron chi connectivity index (χ2n) is 4.74. The topological polar surface area (TPSA) is 80.0 Å². The predicted molar refractivity (Wildman–Crippen MR) is 85.9 cm³/mol. The van der Waals surface area contributed by atoms with Gasteiger partial charge in [-0.05, 0) is 12.1 Å². The summed E-state index contributed by atoms with van der Waals surface area (Å²) in [5.41, 5.74) is 1.65. The highest BCUT2D eigenvalue weighted by atomic mass is 32.2. The van der Waals surface area contributed by atoms with Crippen molar-refractivity contribution in [2.24, 2.45) is 0 Å². The Morgan fingerprint density at radius 1 is 1.33 bits per heavy atom. The zero-order chi connectivity index (χ0) is 17.1. The van der Waals surface area contributed by atoms with Crippen LogP contribution in [0.5, 0.6) is 11.5 Å². The first-order valence-electron chi connectivity index (χ1n) is 6.89. The van der Waals surface area contributed by atoms with Crippen LogP contribution in [0.2, 0.25) is 0 Å². The average Bonchev–Trinajstić information content (AvgIpc) is 2.94. The highest BCUT2D eigenvalue weighted by Crippen LogP contribution is 2.27. The van der Waals surface area contributed by atoms with E-state index in [2.05, 4.69) is 19.7 Å². The van der Waals surface area contributed by atoms with E-state index < -0.39 is 6.61 Å². The van der Waals surface area contributed by atoms with Gasteiger partial charge in [-0.25, -0.2) is 4.98 Å². The summed E-state index contributed by atoms with van der Waals surface area (Å²) in [6.07, 6.45) is 1.55. The Kier molecular flexibility index (Phi) is 4.70. The first-order valence-corrected chi connectivity index (χ1v) is 7.87. The molecule has 0 unspecified atom stereocenters. The van der Waals surface area contributed by atoms with E-state index >= 15 is 0 Å². The molecular weight excluding hydrogens is 340 g/mol. The number of imidazole rings is 1. The second kappa shape index (κ2) is 6.91. The van der Waals surface area contributed by atoms with Crippen molar-refractivity contribution in [2.45, 2.75) is 17.5 Å². The highest BCUT2D eigenvalue weighted by molar-refractivity contribution is 7.98. The van der Waals surface area contributed by atoms with Crippen LogP contribution in [0.4, 0.5) is 8.78 Å². The first-order chi connectivity index (χ1) is 11.6. The van der Waals surface area contributed by atoms with Crippen LogP contribution < -0.4 is 14.9 Å². The minimum Gasteiger partial charge on any atom is -0.491 e. The van der Waals surface area contributed by atoms with Gasteiger partial charge in [0.05, 0.1) is 23.8 Å². The van der Waals surface area contributed by atoms with Crippen molar-refractivity contribution in [1.82, 2.24) is 15.0 Å². The normalized spacial score (nSPS) is 11.2. The van der Waals surface area contributed by atoms with Gasteiger partial charge in [-0.3, -0.25) is 4.79 Å². The third-order valence-corrected chi connectivity index (χ3v) is 4.10. The van der Waals surface area contributed by atoms with Crippen molar-refractivity contribution in [3.8, 4) is 11.5 Å². The molecule has 0 aliphatic rings. The zero-order valence-corrected chi connectivity index (χ0v) is 13.3. The monoisotopic (exact) mass is 353 g/mol. The maximum atomic E-state index is 12.2. The molecule has 3 aromatic rings. The molecule has 0 saturated carbocycles. The molecule has 1 aromatic carbocycles. The molecule has 0 spiro atoms. The number of methoxy groups -OCH3 is 1. The standard InChI is InChI=1S/C15H13F2N3O3S/c1-22-13-11(18-5-4-12(13)21)7-24-15-19-9-3-2-8(23-14(16)17)6-10(9)20-15/h2-6,14H,7H2,1H3,(H,18,21)(H,19,20). The van der Waals surface area contributed by atoms with Crippen LogP contribution in [-0.4, -0.2) is 28.7 Å². The molecule has 0 radical (unpaired) electrons. The fourth-order valence-electron chi connectivity index (χ4n) is 2.19. The minimum atomic E-state index is -2.87. The molecular formula is C15H13F2N3O3S. The number of hydrogen-bond donors (Lipinski definition) is 2. The van der Waals surface area contributed by atoms with Gasteiger partial charge in [-0.15, -0.1) is 0 Å². The van der Waals surface area contributed by atoms with Crippen LogP contribution in [0.3, 0.4) is 0 Å². The molecule has 9 heteroatoms. The number of hydrogen-bond acceptors (Lipinski definition) is 5. The number of ether oxygens (including phenoxy) is 2. The Hall–Kier alpha value is -2.55. The maximum absolute atomic E-state index is 12.2. The lowest BCUT2D eigenvalue weighted by molar-refractivity contribution is -0.0497. The fourth-order valence-corrected chi connectivity index (χ4v) is 3.03. The molecule has 0 aliphatic heterocycles. The quantitative estimate of drug-likeness (QED) is 0.666. The molecule has 126 valence electrons. The van der Waals surface area contributed by atoms with Gasteiger partial charge in [0.25, 0.3) is 0 Å². The summed E-state index contributed by atoms with van der Waals surface area (Å²) in [5, 5.41) is 0.589. The number of benzene rings is 1. The predicted octanol–water partition coefficient (Wildman–Crippen LogP) is 3.15. The lowest BCUT2D eigenvalue weighted by atomic mass is 10.3. The molecule has 2 aromatic heterocycles. The number of aromatic nitrogens is 3. The van der Waals surface area contributed by atoms with Crippen LogP contribution in [0.15, 0.2) is 40.4 Å². The van der Waals surface area contributed by atoms with Gasteiger partial charge in [-0.1, -0.05) is 11.8 Å². The second-order valence-corrected chi connectivity index (χ2v) is 5.71. The highest BCUT2D eigenvalue weighted by Gasteiger charge is 2.11. The van der Waals surface area contributed by atoms with Crippen LogP contribution >= 0.6 is 11.8 Å². The fraction of sp³-hybridized carbons (Fsp3) is 0.200. The van der Waals surface area contributed by atoms with E-state index in [1.165, 1.54) is 37.1 Å². The van der Waals surface area contributed by atoms with Crippen molar-refractivity contribution in [2.75, 3.05) is 7.11 Å². The summed E-state index contributed by atoms with van der Waals surface area (Å²) < 4.78 is 34.0. The van der Waals surface area contributed by atoms with E-state index in [1.54, 1.807) is 12.3 Å². The molecule has 3 rings (SSSR count). The van der Waals surface area contributed by atoms with E-state index in [0.29, 0.717) is 27.6 Å². The Morgan fingerprint density at radius 2 is 2.17 bits per heavy atom. The molecule has 0 aliphatic carbocycles. The number of nitrogens with one attached hydrogen (secondary N) is 2. The maximum Gasteiger partial charge on any atom is 0.387 e. The van der Waals surface area contributed by atoms with E-state index in [1.807, 2.05) is 0 Å². The molecule has 2 heterocycles. The molecule has 0 saturated heterocycles. The Balaban J connectivity index is 1.78. The minimum absolute atomic E-state index is 0.0618. The van der Waals surface area contributed by atoms with Gasteiger partial charge in [0.15, 0.2) is 10.9 Å². The molecule has 0 atom stereocenters. The van der Waals surface area contributed by atoms with Crippen LogP contribution in [0, 0.1) is 0 Å². The van der Waals surface area contributed by atoms with E-state index in [-0.39, 0.29) is 16.9 Å². The van der Waals surface area contributed by atoms with Gasteiger partial charge in [0.1, 0.15) is 5.75 Å². The molecule has 0 amide bonds. The van der Waals surface area contributed by atoms with Crippen LogP contribution in [0.25, 0.3) is 11.0 Å². The van der Waals surface area contributed by atoms with Gasteiger partial charge >= 0.3 is 6.61 Å². The summed E-state index contributed by atoms with van der Waals surface area (Å²) >= 11 is 1.35. The van der Waals surface area contributed by atoms with E-state index in [4.69, 9.17) is 4.74 Å². The Labute approximate surface area is 139 Å². The zero-order valence-electron chi connectivity index (χ0n) is 12.5. The number of rotatable bonds is 6. The number of pyridine rings is 1. The largest absolute Gasteiger partial charge is 0.491 e. The van der Waals surface area contributed by atoms with Crippen molar-refractivity contribution >= 4 is 22.8 Å². The number of thioether (sulfide) groups is 1. The third-order valence-electron chi connectivity index (χ3n) is 3.20. The molecule has 2 N–H and O–H groups in total. The average molecular weight is 353 g/mol. The van der Waals surface area contributed by atoms with Gasteiger partial charge < -0.3 is 19.4 Å². The summed E-state index contributed by atoms with van der Waals surface area (Å²) in [5.74, 6) is 0.750. The number of H-pyrrole nitrogens is 2. The Morgan fingerprint density at radius 3 is 2.92 bits per heavy atom. The van der Waals surface area contributed by atoms with Crippen molar-refractivity contribution < 1.29 is 18.3 Å². The number of aromatic amines is 2.